The van der Waals surface area contributed by atoms with Gasteiger partial charge >= 0.3 is 0 Å². The topological polar surface area (TPSA) is 104 Å². The number of rotatable bonds is 8. The van der Waals surface area contributed by atoms with Crippen LogP contribution >= 0.6 is 11.6 Å². The van der Waals surface area contributed by atoms with Gasteiger partial charge in [0.05, 0.1) is 34.4 Å². The summed E-state index contributed by atoms with van der Waals surface area (Å²) in [5.41, 5.74) is 5.70. The molecule has 0 bridgehead atoms. The lowest BCUT2D eigenvalue weighted by atomic mass is 9.75. The van der Waals surface area contributed by atoms with E-state index in [0.717, 1.165) is 71.1 Å². The van der Waals surface area contributed by atoms with Crippen molar-refractivity contribution in [2.45, 2.75) is 63.3 Å². The van der Waals surface area contributed by atoms with Crippen molar-refractivity contribution in [3.05, 3.63) is 76.3 Å². The Labute approximate surface area is 272 Å². The van der Waals surface area contributed by atoms with Crippen LogP contribution in [-0.2, 0) is 24.4 Å². The summed E-state index contributed by atoms with van der Waals surface area (Å²) in [6.45, 7) is 1.52. The van der Waals surface area contributed by atoms with Crippen molar-refractivity contribution in [3.8, 4) is 17.3 Å². The molecule has 0 atom stereocenters. The normalized spacial score (nSPS) is 16.4. The van der Waals surface area contributed by atoms with Crippen molar-refractivity contribution in [3.63, 3.8) is 0 Å². The molecule has 236 valence electrons. The van der Waals surface area contributed by atoms with E-state index in [1.165, 1.54) is 31.4 Å². The summed E-state index contributed by atoms with van der Waals surface area (Å²) in [6, 6.07) is 9.87. The number of benzene rings is 2. The van der Waals surface area contributed by atoms with Crippen LogP contribution in [0.2, 0.25) is 5.02 Å². The predicted octanol–water partition coefficient (Wildman–Crippen LogP) is 7.25. The maximum Gasteiger partial charge on any atom is 0.252 e. The summed E-state index contributed by atoms with van der Waals surface area (Å²) >= 11 is 6.13. The third kappa shape index (κ3) is 5.07. The van der Waals surface area contributed by atoms with Gasteiger partial charge in [0.25, 0.3) is 5.91 Å². The van der Waals surface area contributed by atoms with Crippen LogP contribution in [0, 0.1) is 0 Å². The second kappa shape index (κ2) is 11.7. The number of amides is 1. The number of aromatic nitrogens is 5. The molecular formula is C36H37ClN6O3. The lowest BCUT2D eigenvalue weighted by Gasteiger charge is -2.41. The lowest BCUT2D eigenvalue weighted by Crippen LogP contribution is -2.52. The Morgan fingerprint density at radius 1 is 1.02 bits per heavy atom. The molecule has 2 saturated carbocycles. The van der Waals surface area contributed by atoms with Crippen LogP contribution in [0.5, 0.6) is 5.75 Å². The number of fused-ring (bicyclic) bond motifs is 2. The van der Waals surface area contributed by atoms with E-state index in [2.05, 4.69) is 25.9 Å². The molecule has 46 heavy (non-hydrogen) atoms. The molecule has 0 radical (unpaired) electrons. The van der Waals surface area contributed by atoms with Gasteiger partial charge in [-0.2, -0.15) is 0 Å². The van der Waals surface area contributed by atoms with E-state index in [1.807, 2.05) is 42.9 Å². The minimum Gasteiger partial charge on any atom is -0.496 e. The molecule has 0 saturated heterocycles. The van der Waals surface area contributed by atoms with Crippen LogP contribution < -0.4 is 10.1 Å². The van der Waals surface area contributed by atoms with Gasteiger partial charge < -0.3 is 19.2 Å². The van der Waals surface area contributed by atoms with E-state index >= 15 is 0 Å². The van der Waals surface area contributed by atoms with Gasteiger partial charge in [-0.3, -0.25) is 9.59 Å². The largest absolute Gasteiger partial charge is 0.496 e. The van der Waals surface area contributed by atoms with Gasteiger partial charge in [-0.05, 0) is 80.9 Å². The van der Waals surface area contributed by atoms with Gasteiger partial charge in [0.1, 0.15) is 11.6 Å². The highest BCUT2D eigenvalue weighted by Crippen LogP contribution is 2.45. The number of methoxy groups -OCH3 is 1. The highest BCUT2D eigenvalue weighted by molar-refractivity contribution is 6.30. The number of ketones is 1. The predicted molar refractivity (Wildman–Crippen MR) is 180 cm³/mol. The first-order chi connectivity index (χ1) is 22.2. The van der Waals surface area contributed by atoms with Crippen LogP contribution in [0.3, 0.4) is 0 Å². The number of ether oxygens (including phenoxy) is 1. The van der Waals surface area contributed by atoms with Crippen molar-refractivity contribution in [1.29, 1.82) is 0 Å². The van der Waals surface area contributed by atoms with E-state index in [4.69, 9.17) is 21.3 Å². The van der Waals surface area contributed by atoms with E-state index in [0.29, 0.717) is 28.1 Å². The summed E-state index contributed by atoms with van der Waals surface area (Å²) in [5.74, 6) is 2.33. The summed E-state index contributed by atoms with van der Waals surface area (Å²) in [6.07, 6.45) is 13.8. The van der Waals surface area contributed by atoms with Crippen molar-refractivity contribution in [2.75, 3.05) is 7.11 Å². The smallest absolute Gasteiger partial charge is 0.252 e. The second-order valence-electron chi connectivity index (χ2n) is 12.7. The first kappa shape index (κ1) is 30.2. The molecular weight excluding hydrogens is 600 g/mol. The van der Waals surface area contributed by atoms with E-state index in [1.54, 1.807) is 25.6 Å². The van der Waals surface area contributed by atoms with Gasteiger partial charge in [-0.15, -0.1) is 0 Å². The molecule has 2 fully saturated rings. The van der Waals surface area contributed by atoms with Crippen LogP contribution in [0.15, 0.2) is 48.8 Å². The van der Waals surface area contributed by atoms with Crippen LogP contribution in [0.4, 0.5) is 0 Å². The van der Waals surface area contributed by atoms with Crippen molar-refractivity contribution >= 4 is 51.3 Å². The summed E-state index contributed by atoms with van der Waals surface area (Å²) < 4.78 is 9.78. The fourth-order valence-electron chi connectivity index (χ4n) is 7.34. The fourth-order valence-corrected chi connectivity index (χ4v) is 7.44. The SMILES string of the molecule is COc1cc2nc(C3(NC(=O)c4ccc5c(C6CCCC6)c(-c6ncc(Cl)cn6)n(C)c5c4)CCC3)n(C)c2cc1/C=C/C(C)=O. The first-order valence-corrected chi connectivity index (χ1v) is 16.2. The average molecular weight is 637 g/mol. The van der Waals surface area contributed by atoms with Gasteiger partial charge in [0.2, 0.25) is 0 Å². The zero-order valence-corrected chi connectivity index (χ0v) is 27.3. The van der Waals surface area contributed by atoms with Gasteiger partial charge in [-0.1, -0.05) is 30.5 Å². The fraction of sp³-hybridized carbons (Fsp3) is 0.361. The number of carbonyl (C=O) groups excluding carboxylic acids is 2. The maximum absolute atomic E-state index is 14.0. The van der Waals surface area contributed by atoms with E-state index in [9.17, 15) is 9.59 Å². The molecule has 5 aromatic rings. The van der Waals surface area contributed by atoms with Gasteiger partial charge in [0.15, 0.2) is 11.6 Å². The summed E-state index contributed by atoms with van der Waals surface area (Å²) in [5, 5.41) is 5.02. The number of aryl methyl sites for hydroxylation is 2. The lowest BCUT2D eigenvalue weighted by molar-refractivity contribution is -0.112. The Balaban J connectivity index is 1.26. The number of imidazole rings is 1. The minimum atomic E-state index is -0.589. The standard InChI is InChI=1S/C36H37ClN6O3/c1-21(44)10-11-23-16-29-27(18-30(23)46-4)40-35(43(29)3)36(14-7-15-36)41-34(45)24-12-13-26-28(17-24)42(2)32(31(26)22-8-5-6-9-22)33-38-19-25(37)20-39-33/h10-13,16-20,22H,5-9,14-15H2,1-4H3,(H,41,45)/b11-10+. The van der Waals surface area contributed by atoms with Gasteiger partial charge in [-0.25, -0.2) is 15.0 Å². The van der Waals surface area contributed by atoms with Crippen LogP contribution in [0.1, 0.15) is 85.1 Å². The Kier molecular flexibility index (Phi) is 7.67. The summed E-state index contributed by atoms with van der Waals surface area (Å²) in [7, 11) is 5.61. The molecule has 3 heterocycles. The molecule has 7 rings (SSSR count). The van der Waals surface area contributed by atoms with Crippen molar-refractivity contribution in [1.82, 2.24) is 29.4 Å². The van der Waals surface area contributed by atoms with Crippen LogP contribution in [-0.4, -0.2) is 42.9 Å². The molecule has 2 aliphatic carbocycles. The molecule has 0 spiro atoms. The number of allylic oxidation sites excluding steroid dienone is 1. The van der Waals surface area contributed by atoms with E-state index < -0.39 is 5.54 Å². The molecule has 1 amide bonds. The van der Waals surface area contributed by atoms with Gasteiger partial charge in [0, 0.05) is 54.6 Å². The van der Waals surface area contributed by atoms with Crippen LogP contribution in [0.25, 0.3) is 39.5 Å². The number of nitrogens with zero attached hydrogens (tertiary/aromatic N) is 5. The molecule has 9 nitrogen and oxygen atoms in total. The van der Waals surface area contributed by atoms with Crippen molar-refractivity contribution in [2.24, 2.45) is 14.1 Å². The third-order valence-corrected chi connectivity index (χ3v) is 10.0. The number of halogens is 1. The molecule has 2 aliphatic rings. The quantitative estimate of drug-likeness (QED) is 0.180. The maximum atomic E-state index is 14.0. The molecule has 3 aromatic heterocycles. The molecule has 0 aliphatic heterocycles. The monoisotopic (exact) mass is 636 g/mol. The molecule has 1 N–H and O–H groups in total. The molecule has 10 heteroatoms. The Bertz CT molecular complexity index is 2030. The van der Waals surface area contributed by atoms with Crippen molar-refractivity contribution < 1.29 is 14.3 Å². The number of hydrogen-bond acceptors (Lipinski definition) is 6. The second-order valence-corrected chi connectivity index (χ2v) is 13.1. The average Bonchev–Trinajstić information content (AvgIpc) is 3.74. The summed E-state index contributed by atoms with van der Waals surface area (Å²) in [4.78, 5) is 39.8. The Morgan fingerprint density at radius 3 is 2.41 bits per heavy atom. The molecule has 2 aromatic carbocycles. The zero-order valence-electron chi connectivity index (χ0n) is 26.6. The minimum absolute atomic E-state index is 0.0400. The number of carbonyl (C=O) groups is 2. The number of nitrogens with one attached hydrogen (secondary N) is 1. The molecule has 0 unspecified atom stereocenters. The highest BCUT2D eigenvalue weighted by atomic mass is 35.5. The highest BCUT2D eigenvalue weighted by Gasteiger charge is 2.44. The zero-order chi connectivity index (χ0) is 32.2. The third-order valence-electron chi connectivity index (χ3n) is 9.82. The number of hydrogen-bond donors (Lipinski definition) is 1. The van der Waals surface area contributed by atoms with E-state index in [-0.39, 0.29) is 11.7 Å². The first-order valence-electron chi connectivity index (χ1n) is 15.9. The Morgan fingerprint density at radius 2 is 1.76 bits per heavy atom. The Hall–Kier alpha value is -4.50.